The van der Waals surface area contributed by atoms with Crippen molar-refractivity contribution in [2.75, 3.05) is 14.2 Å². The van der Waals surface area contributed by atoms with Crippen molar-refractivity contribution in [2.45, 2.75) is 6.42 Å². The largest absolute Gasteiger partial charge is 0.493 e. The van der Waals surface area contributed by atoms with E-state index < -0.39 is 5.82 Å². The molecule has 0 bridgehead atoms. The highest BCUT2D eigenvalue weighted by Crippen LogP contribution is 2.32. The predicted molar refractivity (Wildman–Crippen MR) is 79.0 cm³/mol. The number of hydrogen-bond acceptors (Lipinski definition) is 3. The summed E-state index contributed by atoms with van der Waals surface area (Å²) in [6.07, 6.45) is -0.0138. The van der Waals surface area contributed by atoms with Gasteiger partial charge in [-0.25, -0.2) is 4.39 Å². The minimum atomic E-state index is -0.542. The Balaban J connectivity index is 2.35. The summed E-state index contributed by atoms with van der Waals surface area (Å²) in [7, 11) is 2.96. The Kier molecular flexibility index (Phi) is 4.81. The van der Waals surface area contributed by atoms with E-state index in [0.29, 0.717) is 22.6 Å². The molecule has 21 heavy (non-hydrogen) atoms. The number of benzene rings is 2. The van der Waals surface area contributed by atoms with E-state index >= 15 is 0 Å². The minimum absolute atomic E-state index is 0.0138. The molecule has 0 spiro atoms. The van der Waals surface area contributed by atoms with Crippen LogP contribution in [0.3, 0.4) is 0 Å². The van der Waals surface area contributed by atoms with Gasteiger partial charge in [0.05, 0.1) is 24.8 Å². The monoisotopic (exact) mass is 308 g/mol. The van der Waals surface area contributed by atoms with Crippen LogP contribution in [0.2, 0.25) is 5.02 Å². The first-order valence-corrected chi connectivity index (χ1v) is 6.63. The highest BCUT2D eigenvalue weighted by atomic mass is 35.5. The first-order valence-electron chi connectivity index (χ1n) is 6.25. The molecular formula is C16H14ClFO3. The molecule has 0 aromatic heterocycles. The van der Waals surface area contributed by atoms with Crippen LogP contribution >= 0.6 is 11.6 Å². The third-order valence-corrected chi connectivity index (χ3v) is 3.51. The Morgan fingerprint density at radius 1 is 1.14 bits per heavy atom. The number of Topliss-reactive ketones (excluding diaryl/α,β-unsaturated/α-hetero) is 1. The number of halogens is 2. The van der Waals surface area contributed by atoms with Crippen molar-refractivity contribution < 1.29 is 18.7 Å². The molecule has 0 radical (unpaired) electrons. The van der Waals surface area contributed by atoms with Crippen LogP contribution in [0.25, 0.3) is 0 Å². The quantitative estimate of drug-likeness (QED) is 0.785. The topological polar surface area (TPSA) is 35.5 Å². The third kappa shape index (κ3) is 3.16. The van der Waals surface area contributed by atoms with Crippen molar-refractivity contribution in [3.8, 4) is 11.5 Å². The summed E-state index contributed by atoms with van der Waals surface area (Å²) < 4.78 is 23.8. The predicted octanol–water partition coefficient (Wildman–Crippen LogP) is 3.92. The van der Waals surface area contributed by atoms with E-state index in [4.69, 9.17) is 21.1 Å². The maximum absolute atomic E-state index is 13.4. The maximum Gasteiger partial charge on any atom is 0.171 e. The molecule has 2 aromatic carbocycles. The lowest BCUT2D eigenvalue weighted by Gasteiger charge is -2.12. The third-order valence-electron chi connectivity index (χ3n) is 3.09. The van der Waals surface area contributed by atoms with Crippen LogP contribution in [0, 0.1) is 5.82 Å². The fourth-order valence-corrected chi connectivity index (χ4v) is 2.25. The minimum Gasteiger partial charge on any atom is -0.493 e. The first-order chi connectivity index (χ1) is 10.1. The molecule has 0 aliphatic carbocycles. The Morgan fingerprint density at radius 3 is 2.52 bits per heavy atom. The Bertz CT molecular complexity index is 671. The van der Waals surface area contributed by atoms with E-state index in [1.165, 1.54) is 26.4 Å². The number of carbonyl (C=O) groups is 1. The van der Waals surface area contributed by atoms with Crippen molar-refractivity contribution >= 4 is 17.4 Å². The van der Waals surface area contributed by atoms with Gasteiger partial charge in [-0.3, -0.25) is 4.79 Å². The maximum atomic E-state index is 13.4. The Hall–Kier alpha value is -2.07. The van der Waals surface area contributed by atoms with Crippen LogP contribution in [0.15, 0.2) is 36.4 Å². The van der Waals surface area contributed by atoms with Gasteiger partial charge in [0.1, 0.15) is 5.82 Å². The Morgan fingerprint density at radius 2 is 1.86 bits per heavy atom. The van der Waals surface area contributed by atoms with Gasteiger partial charge in [0.15, 0.2) is 17.3 Å². The van der Waals surface area contributed by atoms with Gasteiger partial charge in [-0.1, -0.05) is 29.8 Å². The van der Waals surface area contributed by atoms with Crippen LogP contribution in [0.5, 0.6) is 11.5 Å². The molecule has 110 valence electrons. The van der Waals surface area contributed by atoms with Crippen LogP contribution in [0.1, 0.15) is 15.9 Å². The van der Waals surface area contributed by atoms with E-state index in [1.54, 1.807) is 24.3 Å². The molecule has 0 saturated carbocycles. The molecule has 0 aliphatic heterocycles. The normalized spacial score (nSPS) is 10.3. The summed E-state index contributed by atoms with van der Waals surface area (Å²) >= 11 is 5.87. The molecule has 0 fully saturated rings. The molecule has 0 unspecified atom stereocenters. The zero-order valence-corrected chi connectivity index (χ0v) is 12.4. The van der Waals surface area contributed by atoms with Crippen LogP contribution in [-0.4, -0.2) is 20.0 Å². The summed E-state index contributed by atoms with van der Waals surface area (Å²) in [5, 5.41) is -0.0345. The molecule has 0 atom stereocenters. The highest BCUT2D eigenvalue weighted by molar-refractivity contribution is 6.31. The van der Waals surface area contributed by atoms with Crippen molar-refractivity contribution in [1.29, 1.82) is 0 Å². The molecular weight excluding hydrogens is 295 g/mol. The molecule has 0 N–H and O–H groups in total. The number of hydrogen-bond donors (Lipinski definition) is 0. The zero-order chi connectivity index (χ0) is 15.4. The van der Waals surface area contributed by atoms with E-state index in [0.717, 1.165) is 0 Å². The molecule has 2 rings (SSSR count). The molecule has 2 aromatic rings. The van der Waals surface area contributed by atoms with Gasteiger partial charge in [-0.2, -0.15) is 0 Å². The first kappa shape index (κ1) is 15.3. The molecule has 0 heterocycles. The summed E-state index contributed by atoms with van der Waals surface area (Å²) in [5.41, 5.74) is 0.809. The van der Waals surface area contributed by atoms with Crippen LogP contribution < -0.4 is 9.47 Å². The molecule has 0 saturated heterocycles. The van der Waals surface area contributed by atoms with Gasteiger partial charge in [-0.15, -0.1) is 0 Å². The fourth-order valence-electron chi connectivity index (χ4n) is 2.06. The van der Waals surface area contributed by atoms with Crippen molar-refractivity contribution in [1.82, 2.24) is 0 Å². The van der Waals surface area contributed by atoms with Crippen LogP contribution in [-0.2, 0) is 6.42 Å². The van der Waals surface area contributed by atoms with Crippen molar-refractivity contribution in [3.63, 3.8) is 0 Å². The number of rotatable bonds is 5. The van der Waals surface area contributed by atoms with Gasteiger partial charge >= 0.3 is 0 Å². The number of methoxy groups -OCH3 is 2. The summed E-state index contributed by atoms with van der Waals surface area (Å²) in [4.78, 5) is 12.4. The van der Waals surface area contributed by atoms with Crippen molar-refractivity contribution in [2.24, 2.45) is 0 Å². The second-order valence-corrected chi connectivity index (χ2v) is 4.73. The highest BCUT2D eigenvalue weighted by Gasteiger charge is 2.18. The van der Waals surface area contributed by atoms with Crippen LogP contribution in [0.4, 0.5) is 4.39 Å². The van der Waals surface area contributed by atoms with E-state index in [2.05, 4.69) is 0 Å². The molecule has 5 heteroatoms. The van der Waals surface area contributed by atoms with Gasteiger partial charge in [-0.05, 0) is 23.8 Å². The average molecular weight is 309 g/mol. The SMILES string of the molecule is COc1cccc(C(=O)Cc2cccc(F)c2Cl)c1OC. The van der Waals surface area contributed by atoms with Gasteiger partial charge < -0.3 is 9.47 Å². The summed E-state index contributed by atoms with van der Waals surface area (Å²) in [6.45, 7) is 0. The number of ether oxygens (including phenoxy) is 2. The number of carbonyl (C=O) groups excluding carboxylic acids is 1. The van der Waals surface area contributed by atoms with E-state index in [9.17, 15) is 9.18 Å². The molecule has 0 aliphatic rings. The zero-order valence-electron chi connectivity index (χ0n) is 11.7. The average Bonchev–Trinajstić information content (AvgIpc) is 2.50. The smallest absolute Gasteiger partial charge is 0.171 e. The van der Waals surface area contributed by atoms with E-state index in [1.807, 2.05) is 0 Å². The van der Waals surface area contributed by atoms with Gasteiger partial charge in [0.2, 0.25) is 0 Å². The molecule has 0 amide bonds. The standard InChI is InChI=1S/C16H14ClFO3/c1-20-14-8-4-6-11(16(14)21-2)13(19)9-10-5-3-7-12(18)15(10)17/h3-8H,9H2,1-2H3. The van der Waals surface area contributed by atoms with Gasteiger partial charge in [0.25, 0.3) is 0 Å². The molecule has 3 nitrogen and oxygen atoms in total. The lowest BCUT2D eigenvalue weighted by Crippen LogP contribution is -2.07. The van der Waals surface area contributed by atoms with Crippen molar-refractivity contribution in [3.05, 3.63) is 58.4 Å². The lowest BCUT2D eigenvalue weighted by atomic mass is 10.0. The number of para-hydroxylation sites is 1. The number of ketones is 1. The second kappa shape index (κ2) is 6.59. The fraction of sp³-hybridized carbons (Fsp3) is 0.188. The Labute approximate surface area is 127 Å². The van der Waals surface area contributed by atoms with Gasteiger partial charge in [0, 0.05) is 6.42 Å². The van der Waals surface area contributed by atoms with E-state index in [-0.39, 0.29) is 17.2 Å². The lowest BCUT2D eigenvalue weighted by molar-refractivity contribution is 0.0989. The second-order valence-electron chi connectivity index (χ2n) is 4.35. The summed E-state index contributed by atoms with van der Waals surface area (Å²) in [5.74, 6) is 0.0593. The summed E-state index contributed by atoms with van der Waals surface area (Å²) in [6, 6.07) is 9.43.